The topological polar surface area (TPSA) is 36.3 Å². The van der Waals surface area contributed by atoms with Crippen LogP contribution in [0.5, 0.6) is 0 Å². The van der Waals surface area contributed by atoms with Crippen LogP contribution in [0.3, 0.4) is 0 Å². The molecule has 1 saturated heterocycles. The van der Waals surface area contributed by atoms with E-state index in [2.05, 4.69) is 16.5 Å². The Balaban J connectivity index is 1.71. The van der Waals surface area contributed by atoms with Crippen molar-refractivity contribution in [3.63, 3.8) is 0 Å². The molecule has 0 spiro atoms. The van der Waals surface area contributed by atoms with Gasteiger partial charge in [-0.2, -0.15) is 0 Å². The van der Waals surface area contributed by atoms with Gasteiger partial charge in [0.25, 0.3) is 0 Å². The lowest BCUT2D eigenvalue weighted by atomic mass is 10.2. The molecule has 1 aromatic rings. The second kappa shape index (κ2) is 6.77. The van der Waals surface area contributed by atoms with Crippen molar-refractivity contribution in [1.29, 1.82) is 0 Å². The monoisotopic (exact) mass is 238 g/mol. The van der Waals surface area contributed by atoms with Gasteiger partial charge < -0.3 is 14.0 Å². The molecule has 1 atom stereocenters. The predicted molar refractivity (Wildman–Crippen MR) is 65.8 cm³/mol. The first-order valence-electron chi connectivity index (χ1n) is 6.63. The highest BCUT2D eigenvalue weighted by Crippen LogP contribution is 2.13. The number of nitrogens with zero attached hydrogens (tertiary/aromatic N) is 2. The van der Waals surface area contributed by atoms with Crippen molar-refractivity contribution in [3.05, 3.63) is 18.2 Å². The molecule has 1 aliphatic heterocycles. The first kappa shape index (κ1) is 12.6. The van der Waals surface area contributed by atoms with Gasteiger partial charge >= 0.3 is 0 Å². The lowest BCUT2D eigenvalue weighted by Gasteiger charge is -2.22. The van der Waals surface area contributed by atoms with Gasteiger partial charge in [-0.05, 0) is 25.7 Å². The van der Waals surface area contributed by atoms with E-state index in [1.807, 2.05) is 12.4 Å². The predicted octanol–water partition coefficient (Wildman–Crippen LogP) is 2.38. The first-order valence-corrected chi connectivity index (χ1v) is 6.63. The molecule has 0 amide bonds. The summed E-state index contributed by atoms with van der Waals surface area (Å²) in [6.45, 7) is 4.59. The van der Waals surface area contributed by atoms with Gasteiger partial charge in [-0.25, -0.2) is 4.98 Å². The Morgan fingerprint density at radius 3 is 3.24 bits per heavy atom. The summed E-state index contributed by atoms with van der Waals surface area (Å²) < 4.78 is 13.4. The van der Waals surface area contributed by atoms with E-state index >= 15 is 0 Å². The van der Waals surface area contributed by atoms with Crippen LogP contribution in [-0.2, 0) is 22.4 Å². The first-order chi connectivity index (χ1) is 8.40. The number of hydrogen-bond donors (Lipinski definition) is 0. The average Bonchev–Trinajstić information content (AvgIpc) is 2.79. The molecular weight excluding hydrogens is 216 g/mol. The van der Waals surface area contributed by atoms with E-state index in [1.165, 1.54) is 12.8 Å². The summed E-state index contributed by atoms with van der Waals surface area (Å²) in [5, 5.41) is 0. The van der Waals surface area contributed by atoms with Gasteiger partial charge in [-0.3, -0.25) is 0 Å². The Hall–Kier alpha value is -0.870. The second-order valence-corrected chi connectivity index (χ2v) is 4.45. The highest BCUT2D eigenvalue weighted by Gasteiger charge is 2.13. The Morgan fingerprint density at radius 2 is 2.47 bits per heavy atom. The highest BCUT2D eigenvalue weighted by atomic mass is 16.7. The van der Waals surface area contributed by atoms with Crippen LogP contribution in [-0.4, -0.2) is 29.1 Å². The van der Waals surface area contributed by atoms with Gasteiger partial charge in [0.15, 0.2) is 6.29 Å². The maximum absolute atomic E-state index is 5.72. The molecule has 4 nitrogen and oxygen atoms in total. The van der Waals surface area contributed by atoms with Gasteiger partial charge in [-0.15, -0.1) is 0 Å². The van der Waals surface area contributed by atoms with Crippen LogP contribution in [0.2, 0.25) is 0 Å². The molecule has 0 aromatic carbocycles. The molecule has 0 N–H and O–H groups in total. The van der Waals surface area contributed by atoms with Crippen molar-refractivity contribution in [1.82, 2.24) is 9.55 Å². The van der Waals surface area contributed by atoms with Crippen LogP contribution < -0.4 is 0 Å². The fourth-order valence-corrected chi connectivity index (χ4v) is 2.12. The van der Waals surface area contributed by atoms with Crippen LogP contribution >= 0.6 is 0 Å². The lowest BCUT2D eigenvalue weighted by Crippen LogP contribution is -2.24. The maximum atomic E-state index is 5.72. The van der Waals surface area contributed by atoms with E-state index in [4.69, 9.17) is 9.47 Å². The fraction of sp³-hybridized carbons (Fsp3) is 0.769. The molecule has 0 aliphatic carbocycles. The Morgan fingerprint density at radius 1 is 1.53 bits per heavy atom. The van der Waals surface area contributed by atoms with Crippen LogP contribution in [0.4, 0.5) is 0 Å². The normalized spacial score (nSPS) is 20.6. The van der Waals surface area contributed by atoms with E-state index in [0.29, 0.717) is 6.61 Å². The minimum Gasteiger partial charge on any atom is -0.353 e. The van der Waals surface area contributed by atoms with Gasteiger partial charge in [0, 0.05) is 32.0 Å². The van der Waals surface area contributed by atoms with Crippen LogP contribution in [0, 0.1) is 0 Å². The van der Waals surface area contributed by atoms with Crippen LogP contribution in [0.1, 0.15) is 38.4 Å². The van der Waals surface area contributed by atoms with Crippen LogP contribution in [0.15, 0.2) is 12.4 Å². The van der Waals surface area contributed by atoms with Gasteiger partial charge in [0.05, 0.1) is 6.61 Å². The van der Waals surface area contributed by atoms with E-state index in [0.717, 1.165) is 38.2 Å². The number of aryl methyl sites for hydroxylation is 1. The minimum atomic E-state index is 0.0156. The Kier molecular flexibility index (Phi) is 5.01. The summed E-state index contributed by atoms with van der Waals surface area (Å²) in [4.78, 5) is 4.35. The summed E-state index contributed by atoms with van der Waals surface area (Å²) in [5.74, 6) is 1.15. The molecule has 0 radical (unpaired) electrons. The number of rotatable bonds is 6. The zero-order chi connectivity index (χ0) is 11.9. The van der Waals surface area contributed by atoms with Gasteiger partial charge in [-0.1, -0.05) is 6.92 Å². The van der Waals surface area contributed by atoms with Crippen molar-refractivity contribution in [2.75, 3.05) is 13.2 Å². The SMILES string of the molecule is CCCc1nccn1CCO[C@H]1CCCCO1. The number of aromatic nitrogens is 2. The molecule has 1 aliphatic rings. The average molecular weight is 238 g/mol. The summed E-state index contributed by atoms with van der Waals surface area (Å²) in [6, 6.07) is 0. The second-order valence-electron chi connectivity index (χ2n) is 4.45. The van der Waals surface area contributed by atoms with E-state index in [1.54, 1.807) is 0 Å². The third-order valence-corrected chi connectivity index (χ3v) is 3.05. The standard InChI is InChI=1S/C13H22N2O2/c1-2-5-12-14-7-8-15(12)9-11-17-13-6-3-4-10-16-13/h7-8,13H,2-6,9-11H2,1H3/t13-/m0/s1. The molecular formula is C13H22N2O2. The molecule has 0 saturated carbocycles. The molecule has 0 bridgehead atoms. The van der Waals surface area contributed by atoms with Crippen molar-refractivity contribution in [3.8, 4) is 0 Å². The smallest absolute Gasteiger partial charge is 0.157 e. The lowest BCUT2D eigenvalue weighted by molar-refractivity contribution is -0.163. The molecule has 1 aromatic heterocycles. The molecule has 96 valence electrons. The van der Waals surface area contributed by atoms with Gasteiger partial charge in [0.1, 0.15) is 5.82 Å². The van der Waals surface area contributed by atoms with Crippen molar-refractivity contribution >= 4 is 0 Å². The summed E-state index contributed by atoms with van der Waals surface area (Å²) in [5.41, 5.74) is 0. The fourth-order valence-electron chi connectivity index (χ4n) is 2.12. The molecule has 1 fully saturated rings. The van der Waals surface area contributed by atoms with Crippen molar-refractivity contribution < 1.29 is 9.47 Å². The quantitative estimate of drug-likeness (QED) is 0.763. The number of hydrogen-bond acceptors (Lipinski definition) is 3. The molecule has 4 heteroatoms. The molecule has 17 heavy (non-hydrogen) atoms. The number of imidazole rings is 1. The van der Waals surface area contributed by atoms with Crippen LogP contribution in [0.25, 0.3) is 0 Å². The molecule has 2 heterocycles. The third kappa shape index (κ3) is 3.82. The zero-order valence-corrected chi connectivity index (χ0v) is 10.6. The summed E-state index contributed by atoms with van der Waals surface area (Å²) >= 11 is 0. The largest absolute Gasteiger partial charge is 0.353 e. The Bertz CT molecular complexity index is 319. The molecule has 2 rings (SSSR count). The minimum absolute atomic E-state index is 0.0156. The van der Waals surface area contributed by atoms with E-state index in [-0.39, 0.29) is 6.29 Å². The van der Waals surface area contributed by atoms with Crippen molar-refractivity contribution in [2.45, 2.75) is 51.9 Å². The third-order valence-electron chi connectivity index (χ3n) is 3.05. The van der Waals surface area contributed by atoms with E-state index in [9.17, 15) is 0 Å². The van der Waals surface area contributed by atoms with Crippen molar-refractivity contribution in [2.24, 2.45) is 0 Å². The maximum Gasteiger partial charge on any atom is 0.157 e. The summed E-state index contributed by atoms with van der Waals surface area (Å²) in [7, 11) is 0. The Labute approximate surface area is 103 Å². The van der Waals surface area contributed by atoms with Gasteiger partial charge in [0.2, 0.25) is 0 Å². The van der Waals surface area contributed by atoms with E-state index < -0.39 is 0 Å². The molecule has 0 unspecified atom stereocenters. The number of ether oxygens (including phenoxy) is 2. The summed E-state index contributed by atoms with van der Waals surface area (Å²) in [6.07, 6.45) is 9.49. The zero-order valence-electron chi connectivity index (χ0n) is 10.6. The highest BCUT2D eigenvalue weighted by molar-refractivity contribution is 4.92.